The van der Waals surface area contributed by atoms with Crippen molar-refractivity contribution in [3.05, 3.63) is 70.5 Å². The average Bonchev–Trinajstić information content (AvgIpc) is 3.68. The molecule has 0 spiro atoms. The molecule has 2 atom stereocenters. The predicted molar refractivity (Wildman–Crippen MR) is 215 cm³/mol. The number of fused-ring (bicyclic) bond motifs is 5. The number of hydrogen-bond donors (Lipinski definition) is 1. The number of methoxy groups -OCH3 is 1. The third-order valence-electron chi connectivity index (χ3n) is 11.3. The minimum Gasteiger partial charge on any atom is -0.497 e. The van der Waals surface area contributed by atoms with E-state index in [0.717, 1.165) is 76.8 Å². The standard InChI is InChI=1S/C40H48N6O5S.C2H6/c1-25-23-44(17-18-51-25)40(48)34-22-41-46(30-11-8-12-30)37(34)29-19-28-20-31(50-4)14-16-32(28)38-36(26-9-6-5-7-10-26)33-15-13-27(21-35(33)45(38)24-29)39(47)42-52(49)43(2)3;1-2/h13-16,19-22,25-26,30H,5-12,17-18,23-24H2,1-4H3,(H,42,47);1-2H3. The van der Waals surface area contributed by atoms with E-state index in [1.807, 2.05) is 43.9 Å². The summed E-state index contributed by atoms with van der Waals surface area (Å²) in [5, 5.41) is 6.05. The van der Waals surface area contributed by atoms with Crippen LogP contribution in [0.5, 0.6) is 5.75 Å². The number of ether oxygens (including phenoxy) is 2. The zero-order valence-electron chi connectivity index (χ0n) is 32.5. The number of benzene rings is 2. The van der Waals surface area contributed by atoms with E-state index in [-0.39, 0.29) is 18.1 Å². The molecule has 3 fully saturated rings. The van der Waals surface area contributed by atoms with Crippen LogP contribution in [0.2, 0.25) is 0 Å². The summed E-state index contributed by atoms with van der Waals surface area (Å²) in [6.45, 7) is 8.06. The molecule has 8 rings (SSSR count). The fourth-order valence-electron chi connectivity index (χ4n) is 8.48. The quantitative estimate of drug-likeness (QED) is 0.199. The Morgan fingerprint density at radius 2 is 1.78 bits per heavy atom. The van der Waals surface area contributed by atoms with E-state index in [4.69, 9.17) is 14.6 Å². The number of hydrogen-bond acceptors (Lipinski definition) is 6. The van der Waals surface area contributed by atoms with Gasteiger partial charge in [-0.3, -0.25) is 19.0 Å². The molecule has 12 heteroatoms. The number of carbonyl (C=O) groups is 2. The molecule has 2 aromatic carbocycles. The second-order valence-corrected chi connectivity index (χ2v) is 16.3. The summed E-state index contributed by atoms with van der Waals surface area (Å²) in [5.41, 5.74) is 8.40. The molecule has 2 amide bonds. The molecule has 54 heavy (non-hydrogen) atoms. The Bertz CT molecular complexity index is 2090. The monoisotopic (exact) mass is 754 g/mol. The number of rotatable bonds is 8. The minimum atomic E-state index is -1.66. The van der Waals surface area contributed by atoms with Crippen molar-refractivity contribution in [2.75, 3.05) is 40.9 Å². The summed E-state index contributed by atoms with van der Waals surface area (Å²) < 4.78 is 32.7. The van der Waals surface area contributed by atoms with Crippen molar-refractivity contribution in [1.82, 2.24) is 28.3 Å². The van der Waals surface area contributed by atoms with E-state index >= 15 is 0 Å². The van der Waals surface area contributed by atoms with Crippen molar-refractivity contribution in [2.45, 2.75) is 96.7 Å². The summed E-state index contributed by atoms with van der Waals surface area (Å²) in [7, 11) is 5.02. The Hall–Kier alpha value is -4.26. The zero-order chi connectivity index (χ0) is 38.1. The smallest absolute Gasteiger partial charge is 0.264 e. The molecule has 2 aromatic heterocycles. The van der Waals surface area contributed by atoms with Crippen molar-refractivity contribution in [1.29, 1.82) is 0 Å². The van der Waals surface area contributed by atoms with Gasteiger partial charge >= 0.3 is 0 Å². The van der Waals surface area contributed by atoms with Crippen LogP contribution in [0.4, 0.5) is 0 Å². The fraction of sp³-hybridized carbons (Fsp3) is 0.500. The first-order valence-electron chi connectivity index (χ1n) is 19.7. The van der Waals surface area contributed by atoms with Gasteiger partial charge in [-0.25, -0.2) is 8.51 Å². The van der Waals surface area contributed by atoms with Gasteiger partial charge in [0.15, 0.2) is 11.2 Å². The summed E-state index contributed by atoms with van der Waals surface area (Å²) in [5.74, 6) is 0.705. The van der Waals surface area contributed by atoms with E-state index in [9.17, 15) is 13.8 Å². The summed E-state index contributed by atoms with van der Waals surface area (Å²) in [4.78, 5) is 29.8. The van der Waals surface area contributed by atoms with Crippen LogP contribution < -0.4 is 9.46 Å². The third-order valence-corrected chi connectivity index (χ3v) is 12.4. The Labute approximate surface area is 321 Å². The van der Waals surface area contributed by atoms with Gasteiger partial charge in [-0.1, -0.05) is 39.2 Å². The first kappa shape index (κ1) is 38.0. The minimum absolute atomic E-state index is 0.0277. The molecule has 4 heterocycles. The molecule has 2 unspecified atom stereocenters. The molecular formula is C42H54N6O5S. The van der Waals surface area contributed by atoms with Crippen LogP contribution in [0.25, 0.3) is 33.8 Å². The number of aromatic nitrogens is 3. The first-order valence-corrected chi connectivity index (χ1v) is 20.8. The van der Waals surface area contributed by atoms with Gasteiger partial charge in [0.05, 0.1) is 55.6 Å². The maximum Gasteiger partial charge on any atom is 0.264 e. The van der Waals surface area contributed by atoms with Crippen molar-refractivity contribution in [3.63, 3.8) is 0 Å². The molecule has 2 aliphatic carbocycles. The number of morpholine rings is 1. The maximum absolute atomic E-state index is 14.4. The van der Waals surface area contributed by atoms with E-state index < -0.39 is 17.1 Å². The van der Waals surface area contributed by atoms with Crippen molar-refractivity contribution < 1.29 is 23.3 Å². The van der Waals surface area contributed by atoms with E-state index in [1.165, 1.54) is 29.1 Å². The molecule has 4 aromatic rings. The number of amides is 2. The lowest BCUT2D eigenvalue weighted by molar-refractivity contribution is -0.0124. The van der Waals surface area contributed by atoms with E-state index in [0.29, 0.717) is 43.3 Å². The largest absolute Gasteiger partial charge is 0.497 e. The number of nitrogens with zero attached hydrogens (tertiary/aromatic N) is 5. The van der Waals surface area contributed by atoms with Crippen LogP contribution in [-0.2, 0) is 22.5 Å². The van der Waals surface area contributed by atoms with Crippen molar-refractivity contribution >= 4 is 45.5 Å². The van der Waals surface area contributed by atoms with Crippen molar-refractivity contribution in [3.8, 4) is 17.0 Å². The van der Waals surface area contributed by atoms with Gasteiger partial charge in [0.25, 0.3) is 11.8 Å². The normalized spacial score (nSPS) is 19.5. The second kappa shape index (κ2) is 16.2. The third kappa shape index (κ3) is 7.15. The zero-order valence-corrected chi connectivity index (χ0v) is 33.3. The molecule has 4 aliphatic rings. The van der Waals surface area contributed by atoms with Crippen LogP contribution >= 0.6 is 0 Å². The molecule has 0 bridgehead atoms. The molecule has 2 aliphatic heterocycles. The van der Waals surface area contributed by atoms with Crippen LogP contribution in [0.1, 0.15) is 122 Å². The van der Waals surface area contributed by atoms with Gasteiger partial charge < -0.3 is 18.9 Å². The van der Waals surface area contributed by atoms with E-state index in [2.05, 4.69) is 38.2 Å². The molecule has 288 valence electrons. The molecule has 11 nitrogen and oxygen atoms in total. The van der Waals surface area contributed by atoms with Gasteiger partial charge in [0, 0.05) is 49.2 Å². The average molecular weight is 755 g/mol. The Kier molecular flexibility index (Phi) is 11.4. The number of allylic oxidation sites excluding steroid dienone is 1. The molecule has 1 saturated heterocycles. The lowest BCUT2D eigenvalue weighted by atomic mass is 9.81. The highest BCUT2D eigenvalue weighted by Crippen LogP contribution is 2.48. The van der Waals surface area contributed by atoms with E-state index in [1.54, 1.807) is 27.4 Å². The Morgan fingerprint density at radius 1 is 1.00 bits per heavy atom. The second-order valence-electron chi connectivity index (χ2n) is 14.9. The lowest BCUT2D eigenvalue weighted by Gasteiger charge is -2.32. The highest BCUT2D eigenvalue weighted by Gasteiger charge is 2.35. The van der Waals surface area contributed by atoms with Gasteiger partial charge in [-0.2, -0.15) is 5.10 Å². The highest BCUT2D eigenvalue weighted by atomic mass is 32.2. The predicted octanol–water partition coefficient (Wildman–Crippen LogP) is 7.60. The molecule has 1 N–H and O–H groups in total. The fourth-order valence-corrected chi connectivity index (χ4v) is 8.94. The van der Waals surface area contributed by atoms with Gasteiger partial charge in [0.2, 0.25) is 0 Å². The number of carbonyl (C=O) groups excluding carboxylic acids is 2. The SMILES string of the molecule is CC.COc1ccc2c(c1)C=C(c1c(C(=O)N3CCOC(C)C3)cnn1C1CCC1)Cn1c-2c(C2CCCCC2)c2ccc(C(=O)NS(=O)N(C)C)cc21. The van der Waals surface area contributed by atoms with Gasteiger partial charge in [-0.15, -0.1) is 0 Å². The first-order chi connectivity index (χ1) is 26.2. The van der Waals surface area contributed by atoms with Crippen LogP contribution in [-0.4, -0.2) is 86.6 Å². The lowest BCUT2D eigenvalue weighted by Crippen LogP contribution is -2.44. The highest BCUT2D eigenvalue weighted by molar-refractivity contribution is 7.81. The molecular weight excluding hydrogens is 701 g/mol. The summed E-state index contributed by atoms with van der Waals surface area (Å²) >= 11 is -1.66. The molecule has 2 saturated carbocycles. The molecule has 0 radical (unpaired) electrons. The Balaban J connectivity index is 0.00000221. The summed E-state index contributed by atoms with van der Waals surface area (Å²) in [6.07, 6.45) is 12.9. The van der Waals surface area contributed by atoms with Gasteiger partial charge in [-0.05, 0) is 98.1 Å². The van der Waals surface area contributed by atoms with Crippen LogP contribution in [0.3, 0.4) is 0 Å². The maximum atomic E-state index is 14.4. The topological polar surface area (TPSA) is 111 Å². The van der Waals surface area contributed by atoms with Crippen LogP contribution in [0.15, 0.2) is 42.6 Å². The van der Waals surface area contributed by atoms with Gasteiger partial charge in [0.1, 0.15) is 5.75 Å². The Morgan fingerprint density at radius 3 is 2.46 bits per heavy atom. The number of nitrogens with one attached hydrogen (secondary N) is 1. The van der Waals surface area contributed by atoms with Crippen molar-refractivity contribution in [2.24, 2.45) is 0 Å². The summed E-state index contributed by atoms with van der Waals surface area (Å²) in [6, 6.07) is 12.4. The van der Waals surface area contributed by atoms with Crippen LogP contribution in [0, 0.1) is 0 Å².